The normalized spacial score (nSPS) is 21.6. The summed E-state index contributed by atoms with van der Waals surface area (Å²) in [5.74, 6) is -1.28. The van der Waals surface area contributed by atoms with E-state index in [2.05, 4.69) is 20.9 Å². The van der Waals surface area contributed by atoms with Crippen LogP contribution in [-0.4, -0.2) is 39.5 Å². The summed E-state index contributed by atoms with van der Waals surface area (Å²) in [4.78, 5) is 29.5. The molecular formula is C14H17BrN2O3. The van der Waals surface area contributed by atoms with Gasteiger partial charge in [-0.15, -0.1) is 0 Å². The zero-order valence-corrected chi connectivity index (χ0v) is 13.1. The first kappa shape index (κ1) is 15.0. The number of carbonyl (C=O) groups is 2. The molecule has 108 valence electrons. The maximum Gasteiger partial charge on any atom is 0.326 e. The molecule has 1 saturated heterocycles. The number of pyridine rings is 1. The average Bonchev–Trinajstić information content (AvgIpc) is 2.36. The van der Waals surface area contributed by atoms with E-state index in [-0.39, 0.29) is 11.6 Å². The lowest BCUT2D eigenvalue weighted by Gasteiger charge is -2.43. The first-order valence-corrected chi connectivity index (χ1v) is 7.27. The minimum absolute atomic E-state index is 0.275. The Kier molecular flexibility index (Phi) is 4.13. The minimum atomic E-state index is -0.958. The Morgan fingerprint density at radius 1 is 1.45 bits per heavy atom. The molecule has 2 heterocycles. The van der Waals surface area contributed by atoms with Crippen molar-refractivity contribution in [1.29, 1.82) is 0 Å². The molecule has 0 radical (unpaired) electrons. The van der Waals surface area contributed by atoms with Crippen molar-refractivity contribution in [3.63, 3.8) is 0 Å². The summed E-state index contributed by atoms with van der Waals surface area (Å²) in [5.41, 5.74) is -0.160. The summed E-state index contributed by atoms with van der Waals surface area (Å²) in [5, 5.41) is 9.46. The highest BCUT2D eigenvalue weighted by atomic mass is 79.9. The zero-order chi connectivity index (χ0) is 14.9. The maximum atomic E-state index is 12.5. The molecule has 1 aromatic rings. The van der Waals surface area contributed by atoms with Crippen LogP contribution >= 0.6 is 15.9 Å². The number of piperidine rings is 1. The molecule has 1 unspecified atom stereocenters. The number of rotatable bonds is 2. The van der Waals surface area contributed by atoms with Crippen LogP contribution in [0.25, 0.3) is 0 Å². The first-order valence-electron chi connectivity index (χ1n) is 6.48. The summed E-state index contributed by atoms with van der Waals surface area (Å²) in [6.07, 6.45) is 3.14. The number of nitrogens with zero attached hydrogens (tertiary/aromatic N) is 2. The Morgan fingerprint density at radius 2 is 2.15 bits per heavy atom. The highest BCUT2D eigenvalue weighted by Crippen LogP contribution is 2.35. The van der Waals surface area contributed by atoms with Crippen molar-refractivity contribution < 1.29 is 14.7 Å². The van der Waals surface area contributed by atoms with E-state index in [1.165, 1.54) is 11.1 Å². The summed E-state index contributed by atoms with van der Waals surface area (Å²) in [6.45, 7) is 4.23. The summed E-state index contributed by atoms with van der Waals surface area (Å²) < 4.78 is 0.780. The van der Waals surface area contributed by atoms with Gasteiger partial charge in [0.15, 0.2) is 0 Å². The van der Waals surface area contributed by atoms with Gasteiger partial charge in [-0.25, -0.2) is 9.78 Å². The summed E-state index contributed by atoms with van der Waals surface area (Å²) >= 11 is 3.26. The van der Waals surface area contributed by atoms with E-state index < -0.39 is 17.4 Å². The van der Waals surface area contributed by atoms with Crippen molar-refractivity contribution in [2.24, 2.45) is 5.41 Å². The highest BCUT2D eigenvalue weighted by Gasteiger charge is 2.44. The Hall–Kier alpha value is -1.43. The van der Waals surface area contributed by atoms with E-state index in [0.717, 1.165) is 17.3 Å². The molecule has 0 aliphatic carbocycles. The van der Waals surface area contributed by atoms with Crippen molar-refractivity contribution in [1.82, 2.24) is 9.88 Å². The van der Waals surface area contributed by atoms with E-state index in [1.54, 1.807) is 12.1 Å². The molecule has 1 N–H and O–H groups in total. The quantitative estimate of drug-likeness (QED) is 0.898. The van der Waals surface area contributed by atoms with Gasteiger partial charge in [0.2, 0.25) is 0 Å². The van der Waals surface area contributed by atoms with Gasteiger partial charge in [-0.2, -0.15) is 0 Å². The number of carboxylic acids is 1. The Morgan fingerprint density at radius 3 is 2.70 bits per heavy atom. The van der Waals surface area contributed by atoms with E-state index in [0.29, 0.717) is 6.54 Å². The van der Waals surface area contributed by atoms with Crippen LogP contribution in [0.1, 0.15) is 37.2 Å². The number of hydrogen-bond donors (Lipinski definition) is 1. The second-order valence-corrected chi connectivity index (χ2v) is 6.61. The fourth-order valence-electron chi connectivity index (χ4n) is 2.73. The molecular weight excluding hydrogens is 324 g/mol. The van der Waals surface area contributed by atoms with Gasteiger partial charge in [0.25, 0.3) is 5.91 Å². The molecule has 0 spiro atoms. The zero-order valence-electron chi connectivity index (χ0n) is 11.5. The van der Waals surface area contributed by atoms with Crippen LogP contribution in [-0.2, 0) is 4.79 Å². The number of aliphatic carboxylic acids is 1. The molecule has 1 atom stereocenters. The van der Waals surface area contributed by atoms with Crippen molar-refractivity contribution in [2.45, 2.75) is 32.7 Å². The molecule has 5 nitrogen and oxygen atoms in total. The second kappa shape index (κ2) is 5.52. The van der Waals surface area contributed by atoms with Gasteiger partial charge in [0.1, 0.15) is 11.7 Å². The van der Waals surface area contributed by atoms with Gasteiger partial charge in [-0.3, -0.25) is 4.79 Å². The number of carboxylic acid groups (broad SMARTS) is 1. The molecule has 1 aliphatic heterocycles. The van der Waals surface area contributed by atoms with Crippen molar-refractivity contribution in [3.8, 4) is 0 Å². The third-order valence-corrected chi connectivity index (χ3v) is 4.18. The lowest BCUT2D eigenvalue weighted by molar-refractivity contribution is -0.148. The molecule has 1 amide bonds. The number of carbonyl (C=O) groups excluding carboxylic acids is 1. The largest absolute Gasteiger partial charge is 0.480 e. The van der Waals surface area contributed by atoms with Crippen molar-refractivity contribution in [3.05, 3.63) is 28.5 Å². The molecule has 0 saturated carbocycles. The fourth-order valence-corrected chi connectivity index (χ4v) is 2.96. The van der Waals surface area contributed by atoms with Crippen molar-refractivity contribution >= 4 is 27.8 Å². The number of hydrogen-bond acceptors (Lipinski definition) is 3. The maximum absolute atomic E-state index is 12.5. The summed E-state index contributed by atoms with van der Waals surface area (Å²) in [6, 6.07) is 2.52. The molecule has 1 aromatic heterocycles. The van der Waals surface area contributed by atoms with Crippen LogP contribution in [0.4, 0.5) is 0 Å². The van der Waals surface area contributed by atoms with Gasteiger partial charge in [-0.05, 0) is 46.3 Å². The van der Waals surface area contributed by atoms with Crippen LogP contribution in [0.3, 0.4) is 0 Å². The second-order valence-electron chi connectivity index (χ2n) is 5.69. The lowest BCUT2D eigenvalue weighted by Crippen LogP contribution is -2.56. The predicted octanol–water partition coefficient (Wildman–Crippen LogP) is 2.56. The van der Waals surface area contributed by atoms with Crippen molar-refractivity contribution in [2.75, 3.05) is 6.54 Å². The number of halogens is 1. The van der Waals surface area contributed by atoms with Gasteiger partial charge >= 0.3 is 5.97 Å². The standard InChI is InChI=1S/C14H17BrN2O3/c1-14(2)6-3-7-17(11(14)13(19)20)12(18)10-5-4-9(15)8-16-10/h4-5,8,11H,3,6-7H2,1-2H3,(H,19,20). The third-order valence-electron chi connectivity index (χ3n) is 3.71. The molecule has 1 fully saturated rings. The molecule has 1 aliphatic rings. The van der Waals surface area contributed by atoms with Gasteiger partial charge in [-0.1, -0.05) is 13.8 Å². The van der Waals surface area contributed by atoms with Gasteiger partial charge < -0.3 is 10.0 Å². The van der Waals surface area contributed by atoms with Crippen LogP contribution in [0.5, 0.6) is 0 Å². The monoisotopic (exact) mass is 340 g/mol. The number of likely N-dealkylation sites (tertiary alicyclic amines) is 1. The molecule has 6 heteroatoms. The number of amides is 1. The van der Waals surface area contributed by atoms with E-state index in [4.69, 9.17) is 0 Å². The Bertz CT molecular complexity index is 528. The van der Waals surface area contributed by atoms with Crippen LogP contribution in [0, 0.1) is 5.41 Å². The third kappa shape index (κ3) is 2.85. The van der Waals surface area contributed by atoms with E-state index in [9.17, 15) is 14.7 Å². The molecule has 0 aromatic carbocycles. The smallest absolute Gasteiger partial charge is 0.326 e. The minimum Gasteiger partial charge on any atom is -0.480 e. The predicted molar refractivity (Wildman–Crippen MR) is 77.4 cm³/mol. The van der Waals surface area contributed by atoms with Crippen LogP contribution in [0.2, 0.25) is 0 Å². The van der Waals surface area contributed by atoms with E-state index in [1.807, 2.05) is 13.8 Å². The first-order chi connectivity index (χ1) is 9.33. The van der Waals surface area contributed by atoms with E-state index >= 15 is 0 Å². The van der Waals surface area contributed by atoms with Gasteiger partial charge in [0.05, 0.1) is 0 Å². The highest BCUT2D eigenvalue weighted by molar-refractivity contribution is 9.10. The SMILES string of the molecule is CC1(C)CCCN(C(=O)c2ccc(Br)cn2)C1C(=O)O. The average molecular weight is 341 g/mol. The molecule has 2 rings (SSSR count). The Labute approximate surface area is 126 Å². The number of aromatic nitrogens is 1. The molecule has 0 bridgehead atoms. The van der Waals surface area contributed by atoms with Crippen LogP contribution < -0.4 is 0 Å². The molecule has 20 heavy (non-hydrogen) atoms. The van der Waals surface area contributed by atoms with Crippen LogP contribution in [0.15, 0.2) is 22.8 Å². The fraction of sp³-hybridized carbons (Fsp3) is 0.500. The van der Waals surface area contributed by atoms with Gasteiger partial charge in [0, 0.05) is 17.2 Å². The Balaban J connectivity index is 2.31. The topological polar surface area (TPSA) is 70.5 Å². The lowest BCUT2D eigenvalue weighted by atomic mass is 9.76. The summed E-state index contributed by atoms with van der Waals surface area (Å²) in [7, 11) is 0.